The monoisotopic (exact) mass is 266 g/mol. The van der Waals surface area contributed by atoms with Crippen LogP contribution in [0.15, 0.2) is 24.3 Å². The number of nitrogens with two attached hydrogens (primary N) is 1. The second-order valence-electron chi connectivity index (χ2n) is 3.71. The van der Waals surface area contributed by atoms with Crippen LogP contribution in [-0.4, -0.2) is 17.8 Å². The van der Waals surface area contributed by atoms with E-state index in [1.165, 1.54) is 6.92 Å². The Morgan fingerprint density at radius 3 is 2.37 bits per heavy atom. The molecule has 0 heterocycles. The largest absolute Gasteiger partial charge is 0.460 e. The number of hydrogen-bond donors (Lipinski definition) is 2. The minimum atomic E-state index is -0.891. The van der Waals surface area contributed by atoms with Crippen molar-refractivity contribution in [2.75, 3.05) is 5.73 Å². The van der Waals surface area contributed by atoms with Crippen LogP contribution in [0.5, 0.6) is 0 Å². The number of carbonyl (C=O) groups excluding carboxylic acids is 3. The van der Waals surface area contributed by atoms with E-state index in [0.29, 0.717) is 5.69 Å². The van der Waals surface area contributed by atoms with Gasteiger partial charge in [0, 0.05) is 12.6 Å². The van der Waals surface area contributed by atoms with Crippen molar-refractivity contribution in [1.29, 1.82) is 0 Å². The van der Waals surface area contributed by atoms with Crippen molar-refractivity contribution in [3.63, 3.8) is 0 Å². The predicted molar refractivity (Wildman–Crippen MR) is 65.2 cm³/mol. The molecule has 7 heteroatoms. The first-order valence-corrected chi connectivity index (χ1v) is 5.43. The average Bonchev–Trinajstić information content (AvgIpc) is 2.36. The molecule has 0 radical (unpaired) electrons. The smallest absolute Gasteiger partial charge is 0.343 e. The zero-order valence-corrected chi connectivity index (χ0v) is 10.3. The molecule has 0 saturated heterocycles. The number of anilines is 1. The number of hydrogen-bond acceptors (Lipinski definition) is 6. The van der Waals surface area contributed by atoms with Gasteiger partial charge < -0.3 is 15.3 Å². The second-order valence-corrected chi connectivity index (χ2v) is 3.71. The van der Waals surface area contributed by atoms with Crippen LogP contribution in [0.4, 0.5) is 5.69 Å². The quantitative estimate of drug-likeness (QED) is 0.351. The van der Waals surface area contributed by atoms with Crippen LogP contribution in [0.1, 0.15) is 18.9 Å². The van der Waals surface area contributed by atoms with Crippen LogP contribution in [0, 0.1) is 0 Å². The van der Waals surface area contributed by atoms with Crippen LogP contribution in [0.2, 0.25) is 0 Å². The minimum Gasteiger partial charge on any atom is -0.460 e. The third-order valence-corrected chi connectivity index (χ3v) is 1.98. The number of esters is 1. The lowest BCUT2D eigenvalue weighted by Crippen LogP contribution is -2.26. The molecule has 1 amide bonds. The number of hydroxylamine groups is 1. The molecule has 0 aliphatic heterocycles. The predicted octanol–water partition coefficient (Wildman–Crippen LogP) is 0.296. The lowest BCUT2D eigenvalue weighted by Gasteiger charge is -2.05. The topological polar surface area (TPSA) is 108 Å². The van der Waals surface area contributed by atoms with Crippen molar-refractivity contribution in [2.45, 2.75) is 20.0 Å². The first kappa shape index (κ1) is 14.5. The molecule has 1 rings (SSSR count). The van der Waals surface area contributed by atoms with Crippen LogP contribution in [0.3, 0.4) is 0 Å². The van der Waals surface area contributed by atoms with E-state index in [-0.39, 0.29) is 6.61 Å². The van der Waals surface area contributed by atoms with Crippen LogP contribution in [-0.2, 0) is 30.6 Å². The summed E-state index contributed by atoms with van der Waals surface area (Å²) in [6.45, 7) is 1.21. The maximum absolute atomic E-state index is 11.3. The SMILES string of the molecule is CC(=O)NOC(=O)CC(=O)OCc1ccc(N)cc1. The Hall–Kier alpha value is -2.57. The fraction of sp³-hybridized carbons (Fsp3) is 0.250. The van der Waals surface area contributed by atoms with Crippen LogP contribution >= 0.6 is 0 Å². The second kappa shape index (κ2) is 7.00. The van der Waals surface area contributed by atoms with Gasteiger partial charge in [0.1, 0.15) is 13.0 Å². The van der Waals surface area contributed by atoms with Gasteiger partial charge in [-0.05, 0) is 17.7 Å². The van der Waals surface area contributed by atoms with Gasteiger partial charge in [-0.2, -0.15) is 5.48 Å². The summed E-state index contributed by atoms with van der Waals surface area (Å²) >= 11 is 0. The zero-order chi connectivity index (χ0) is 14.3. The third kappa shape index (κ3) is 6.06. The summed E-state index contributed by atoms with van der Waals surface area (Å²) in [5.74, 6) is -2.17. The Kier molecular flexibility index (Phi) is 5.34. The first-order valence-electron chi connectivity index (χ1n) is 5.43. The summed E-state index contributed by atoms with van der Waals surface area (Å²) < 4.78 is 4.85. The highest BCUT2D eigenvalue weighted by atomic mass is 16.7. The molecule has 19 heavy (non-hydrogen) atoms. The van der Waals surface area contributed by atoms with E-state index in [1.54, 1.807) is 24.3 Å². The van der Waals surface area contributed by atoms with E-state index < -0.39 is 24.3 Å². The molecule has 0 aliphatic carbocycles. The molecular weight excluding hydrogens is 252 g/mol. The molecule has 1 aromatic carbocycles. The molecular formula is C12H14N2O5. The van der Waals surface area contributed by atoms with E-state index in [0.717, 1.165) is 5.56 Å². The van der Waals surface area contributed by atoms with E-state index in [2.05, 4.69) is 4.84 Å². The molecule has 0 fully saturated rings. The summed E-state index contributed by atoms with van der Waals surface area (Å²) in [5, 5.41) is 0. The number of benzene rings is 1. The first-order chi connectivity index (χ1) is 8.97. The van der Waals surface area contributed by atoms with Gasteiger partial charge in [0.15, 0.2) is 0 Å². The Bertz CT molecular complexity index is 470. The fourth-order valence-electron chi connectivity index (χ4n) is 1.11. The van der Waals surface area contributed by atoms with Gasteiger partial charge in [0.25, 0.3) is 0 Å². The fourth-order valence-corrected chi connectivity index (χ4v) is 1.11. The normalized spacial score (nSPS) is 9.53. The van der Waals surface area contributed by atoms with Crippen molar-refractivity contribution >= 4 is 23.5 Å². The van der Waals surface area contributed by atoms with Gasteiger partial charge in [-0.15, -0.1) is 0 Å². The third-order valence-electron chi connectivity index (χ3n) is 1.98. The molecule has 0 aliphatic rings. The molecule has 0 bridgehead atoms. The van der Waals surface area contributed by atoms with Crippen molar-refractivity contribution < 1.29 is 24.0 Å². The standard InChI is InChI=1S/C12H14N2O5/c1-8(15)14-19-12(17)6-11(16)18-7-9-2-4-10(13)5-3-9/h2-5H,6-7,13H2,1H3,(H,14,15). The Morgan fingerprint density at radius 1 is 1.16 bits per heavy atom. The Balaban J connectivity index is 2.29. The molecule has 0 atom stereocenters. The number of amides is 1. The summed E-state index contributed by atoms with van der Waals surface area (Å²) in [6, 6.07) is 6.76. The van der Waals surface area contributed by atoms with Crippen molar-refractivity contribution in [3.05, 3.63) is 29.8 Å². The average molecular weight is 266 g/mol. The van der Waals surface area contributed by atoms with Gasteiger partial charge >= 0.3 is 11.9 Å². The molecule has 0 saturated carbocycles. The summed E-state index contributed by atoms with van der Waals surface area (Å²) in [5.41, 5.74) is 8.68. The Labute approximate surface area is 109 Å². The minimum absolute atomic E-state index is 0.0343. The summed E-state index contributed by atoms with van der Waals surface area (Å²) in [7, 11) is 0. The van der Waals surface area contributed by atoms with Gasteiger partial charge in [0.2, 0.25) is 5.91 Å². The molecule has 0 spiro atoms. The van der Waals surface area contributed by atoms with E-state index >= 15 is 0 Å². The summed E-state index contributed by atoms with van der Waals surface area (Å²) in [4.78, 5) is 37.1. The highest BCUT2D eigenvalue weighted by Gasteiger charge is 2.13. The van der Waals surface area contributed by atoms with Crippen LogP contribution in [0.25, 0.3) is 0 Å². The maximum Gasteiger partial charge on any atom is 0.343 e. The maximum atomic E-state index is 11.3. The number of rotatable bonds is 4. The summed E-state index contributed by atoms with van der Waals surface area (Å²) in [6.07, 6.45) is -0.574. The van der Waals surface area contributed by atoms with Gasteiger partial charge in [-0.1, -0.05) is 12.1 Å². The zero-order valence-electron chi connectivity index (χ0n) is 10.3. The lowest BCUT2D eigenvalue weighted by molar-refractivity contribution is -0.163. The molecule has 1 aromatic rings. The van der Waals surface area contributed by atoms with Gasteiger partial charge in [0.05, 0.1) is 0 Å². The lowest BCUT2D eigenvalue weighted by atomic mass is 10.2. The molecule has 3 N–H and O–H groups in total. The van der Waals surface area contributed by atoms with Crippen LogP contribution < -0.4 is 11.2 Å². The van der Waals surface area contributed by atoms with Crippen molar-refractivity contribution in [2.24, 2.45) is 0 Å². The highest BCUT2D eigenvalue weighted by Crippen LogP contribution is 2.07. The molecule has 102 valence electrons. The van der Waals surface area contributed by atoms with E-state index in [1.807, 2.05) is 5.48 Å². The molecule has 0 unspecified atom stereocenters. The number of nitrogen functional groups attached to an aromatic ring is 1. The Morgan fingerprint density at radius 2 is 1.79 bits per heavy atom. The van der Waals surface area contributed by atoms with Crippen molar-refractivity contribution in [1.82, 2.24) is 5.48 Å². The van der Waals surface area contributed by atoms with Gasteiger partial charge in [-0.25, -0.2) is 4.79 Å². The van der Waals surface area contributed by atoms with E-state index in [4.69, 9.17) is 10.5 Å². The van der Waals surface area contributed by atoms with Crippen molar-refractivity contribution in [3.8, 4) is 0 Å². The molecule has 7 nitrogen and oxygen atoms in total. The number of ether oxygens (including phenoxy) is 1. The van der Waals surface area contributed by atoms with E-state index in [9.17, 15) is 14.4 Å². The highest BCUT2D eigenvalue weighted by molar-refractivity contribution is 5.91. The number of carbonyl (C=O) groups is 3. The van der Waals surface area contributed by atoms with Gasteiger partial charge in [-0.3, -0.25) is 9.59 Å². The molecule has 0 aromatic heterocycles. The number of nitrogens with one attached hydrogen (secondary N) is 1.